The number of aromatic nitrogens is 1. The van der Waals surface area contributed by atoms with Crippen LogP contribution in [-0.4, -0.2) is 108 Å². The van der Waals surface area contributed by atoms with Gasteiger partial charge in [-0.2, -0.15) is 5.26 Å². The first-order valence-corrected chi connectivity index (χ1v) is 14.6. The molecule has 3 aromatic rings. The first kappa shape index (κ1) is 30.7. The zero-order valence-corrected chi connectivity index (χ0v) is 24.5. The number of ether oxygens (including phenoxy) is 2. The average molecular weight is 590 g/mol. The van der Waals surface area contributed by atoms with Crippen LogP contribution in [0.1, 0.15) is 12.6 Å². The summed E-state index contributed by atoms with van der Waals surface area (Å²) in [6, 6.07) is 18.5. The van der Waals surface area contributed by atoms with E-state index >= 15 is 0 Å². The van der Waals surface area contributed by atoms with Gasteiger partial charge in [0.05, 0.1) is 19.8 Å². The normalized spacial score (nSPS) is 23.4. The molecule has 0 spiro atoms. The Bertz CT molecular complexity index is 1520. The molecule has 4 unspecified atom stereocenters. The monoisotopic (exact) mass is 589 g/mol. The topological polar surface area (TPSA) is 152 Å². The van der Waals surface area contributed by atoms with Gasteiger partial charge in [-0.25, -0.2) is 0 Å². The van der Waals surface area contributed by atoms with Crippen LogP contribution >= 0.6 is 0 Å². The summed E-state index contributed by atoms with van der Waals surface area (Å²) in [7, 11) is 1.89. The summed E-state index contributed by atoms with van der Waals surface area (Å²) >= 11 is 0. The molecule has 0 bridgehead atoms. The Morgan fingerprint density at radius 3 is 2.56 bits per heavy atom. The number of nitrogens with one attached hydrogen (secondary N) is 2. The number of nitrogens with zero attached hydrogens (tertiary/aromatic N) is 3. The zero-order chi connectivity index (χ0) is 30.5. The molecule has 4 atom stereocenters. The smallest absolute Gasteiger partial charge is 0.262 e. The van der Waals surface area contributed by atoms with Crippen molar-refractivity contribution in [2.75, 3.05) is 57.9 Å². The molecule has 2 fully saturated rings. The predicted octanol–water partition coefficient (Wildman–Crippen LogP) is 1.48. The quantitative estimate of drug-likeness (QED) is 0.185. The van der Waals surface area contributed by atoms with Crippen molar-refractivity contribution in [1.82, 2.24) is 14.8 Å². The maximum atomic E-state index is 12.9. The van der Waals surface area contributed by atoms with E-state index in [1.54, 1.807) is 6.92 Å². The van der Waals surface area contributed by atoms with Crippen molar-refractivity contribution in [3.05, 3.63) is 59.8 Å². The predicted molar refractivity (Wildman–Crippen MR) is 163 cm³/mol. The lowest BCUT2D eigenvalue weighted by Crippen LogP contribution is -2.56. The van der Waals surface area contributed by atoms with E-state index in [0.717, 1.165) is 67.1 Å². The number of carbonyl (C=O) groups excluding carboxylic acids is 1. The van der Waals surface area contributed by atoms with Gasteiger partial charge < -0.3 is 40.0 Å². The lowest BCUT2D eigenvalue weighted by Gasteiger charge is -2.35. The van der Waals surface area contributed by atoms with Crippen LogP contribution in [0.15, 0.2) is 54.1 Å². The molecule has 228 valence electrons. The third-order valence-corrected chi connectivity index (χ3v) is 8.29. The number of allylic oxidation sites excluding steroid dienone is 1. The van der Waals surface area contributed by atoms with Crippen molar-refractivity contribution in [2.24, 2.45) is 7.05 Å². The molecule has 11 nitrogen and oxygen atoms in total. The second-order valence-electron chi connectivity index (χ2n) is 11.1. The number of carbonyl (C=O) groups is 1. The number of hydrogen-bond donors (Lipinski definition) is 5. The van der Waals surface area contributed by atoms with Crippen LogP contribution in [0, 0.1) is 11.3 Å². The van der Waals surface area contributed by atoms with E-state index in [1.807, 2.05) is 29.8 Å². The minimum Gasteiger partial charge on any atom is -0.388 e. The van der Waals surface area contributed by atoms with Crippen molar-refractivity contribution in [3.8, 4) is 17.3 Å². The van der Waals surface area contributed by atoms with Gasteiger partial charge in [0.1, 0.15) is 36.1 Å². The van der Waals surface area contributed by atoms with E-state index in [0.29, 0.717) is 11.3 Å². The second kappa shape index (κ2) is 13.7. The van der Waals surface area contributed by atoms with Gasteiger partial charge in [-0.3, -0.25) is 9.69 Å². The summed E-state index contributed by atoms with van der Waals surface area (Å²) in [4.78, 5) is 15.3. The molecule has 0 aliphatic carbocycles. The molecule has 1 amide bonds. The van der Waals surface area contributed by atoms with Gasteiger partial charge in [0, 0.05) is 56.8 Å². The lowest BCUT2D eigenvalue weighted by atomic mass is 10.00. The summed E-state index contributed by atoms with van der Waals surface area (Å²) in [5, 5.41) is 47.8. The van der Waals surface area contributed by atoms with Gasteiger partial charge in [0.2, 0.25) is 0 Å². The van der Waals surface area contributed by atoms with Gasteiger partial charge in [-0.15, -0.1) is 0 Å². The third-order valence-electron chi connectivity index (χ3n) is 8.29. The van der Waals surface area contributed by atoms with Crippen LogP contribution in [0.3, 0.4) is 0 Å². The second-order valence-corrected chi connectivity index (χ2v) is 11.1. The molecular weight excluding hydrogens is 550 g/mol. The minimum atomic E-state index is -1.37. The highest BCUT2D eigenvalue weighted by atomic mass is 16.5. The van der Waals surface area contributed by atoms with Crippen LogP contribution < -0.4 is 10.6 Å². The summed E-state index contributed by atoms with van der Waals surface area (Å²) in [6.07, 6.45) is -4.83. The number of hydrogen-bond acceptors (Lipinski definition) is 9. The number of nitriles is 1. The maximum Gasteiger partial charge on any atom is 0.262 e. The zero-order valence-electron chi connectivity index (χ0n) is 24.5. The first-order valence-electron chi connectivity index (χ1n) is 14.6. The molecule has 1 aromatic heterocycles. The Labute approximate surface area is 250 Å². The van der Waals surface area contributed by atoms with E-state index in [1.165, 1.54) is 0 Å². The van der Waals surface area contributed by atoms with Gasteiger partial charge in [0.25, 0.3) is 5.91 Å². The highest BCUT2D eigenvalue weighted by Crippen LogP contribution is 2.30. The highest BCUT2D eigenvalue weighted by Gasteiger charge is 2.37. The van der Waals surface area contributed by atoms with Crippen molar-refractivity contribution in [1.29, 1.82) is 5.26 Å². The number of fused-ring (bicyclic) bond motifs is 1. The molecule has 43 heavy (non-hydrogen) atoms. The summed E-state index contributed by atoms with van der Waals surface area (Å²) < 4.78 is 12.7. The number of aliphatic hydroxyl groups is 3. The Kier molecular flexibility index (Phi) is 9.77. The van der Waals surface area contributed by atoms with Crippen LogP contribution in [0.5, 0.6) is 0 Å². The third kappa shape index (κ3) is 6.91. The van der Waals surface area contributed by atoms with E-state index in [4.69, 9.17) is 9.47 Å². The fourth-order valence-electron chi connectivity index (χ4n) is 5.64. The number of amides is 1. The lowest BCUT2D eigenvalue weighted by molar-refractivity contribution is -0.185. The highest BCUT2D eigenvalue weighted by molar-refractivity contribution is 6.04. The Morgan fingerprint density at radius 1 is 1.05 bits per heavy atom. The molecule has 0 saturated carbocycles. The number of aliphatic hydroxyl groups excluding tert-OH is 3. The van der Waals surface area contributed by atoms with E-state index < -0.39 is 30.3 Å². The van der Waals surface area contributed by atoms with Gasteiger partial charge in [-0.1, -0.05) is 18.2 Å². The summed E-state index contributed by atoms with van der Waals surface area (Å²) in [5.41, 5.74) is 4.18. The fourth-order valence-corrected chi connectivity index (χ4v) is 5.64. The summed E-state index contributed by atoms with van der Waals surface area (Å²) in [6.45, 7) is 6.83. The maximum absolute atomic E-state index is 12.9. The molecule has 2 saturated heterocycles. The van der Waals surface area contributed by atoms with Crippen LogP contribution in [0.2, 0.25) is 0 Å². The van der Waals surface area contributed by atoms with E-state index in [2.05, 4.69) is 51.9 Å². The molecule has 5 rings (SSSR count). The molecule has 11 heteroatoms. The molecule has 0 radical (unpaired) electrons. The Hall–Kier alpha value is -3.76. The van der Waals surface area contributed by atoms with Crippen molar-refractivity contribution < 1.29 is 29.6 Å². The Balaban J connectivity index is 1.26. The van der Waals surface area contributed by atoms with Gasteiger partial charge in [-0.05, 0) is 59.2 Å². The summed E-state index contributed by atoms with van der Waals surface area (Å²) in [5.74, 6) is -0.612. The molecule has 2 aliphatic rings. The first-order chi connectivity index (χ1) is 20.8. The number of anilines is 1. The van der Waals surface area contributed by atoms with Gasteiger partial charge in [0.15, 0.2) is 0 Å². The fraction of sp³-hybridized carbons (Fsp3) is 0.438. The molecular formula is C32H39N5O6. The van der Waals surface area contributed by atoms with Crippen LogP contribution in [0.25, 0.3) is 27.6 Å². The SMILES string of the molecule is CC(=C(C#N)C(=O)NCC1OCC(O)C(O)C1O)c1ccc(-c2ccc3cc(NCCN4CCOCC4)ccc3c2)n1C. The molecule has 3 heterocycles. The Morgan fingerprint density at radius 2 is 1.79 bits per heavy atom. The number of benzene rings is 2. The number of rotatable bonds is 9. The molecule has 2 aliphatic heterocycles. The average Bonchev–Trinajstić information content (AvgIpc) is 3.41. The van der Waals surface area contributed by atoms with Crippen molar-refractivity contribution in [2.45, 2.75) is 31.3 Å². The van der Waals surface area contributed by atoms with Gasteiger partial charge >= 0.3 is 0 Å². The minimum absolute atomic E-state index is 0.0641. The van der Waals surface area contributed by atoms with E-state index in [9.17, 15) is 25.4 Å². The van der Waals surface area contributed by atoms with Crippen LogP contribution in [0.4, 0.5) is 5.69 Å². The standard InChI is InChI=1S/C32H39N5O6/c1-20(25(17-33)32(41)35-18-29-31(40)30(39)28(38)19-43-29)26-7-8-27(36(26)2)23-4-3-22-16-24(6-5-21(22)15-23)34-9-10-37-11-13-42-14-12-37/h3-8,15-16,28-31,34,38-40H,9-14,18-19H2,1-2H3,(H,35,41). The van der Waals surface area contributed by atoms with E-state index in [-0.39, 0.29) is 18.7 Å². The van der Waals surface area contributed by atoms with Crippen LogP contribution in [-0.2, 0) is 21.3 Å². The van der Waals surface area contributed by atoms with Crippen molar-refractivity contribution in [3.63, 3.8) is 0 Å². The number of morpholine rings is 1. The molecule has 5 N–H and O–H groups in total. The largest absolute Gasteiger partial charge is 0.388 e. The van der Waals surface area contributed by atoms with Crippen molar-refractivity contribution >= 4 is 27.9 Å². The molecule has 2 aromatic carbocycles.